The molecule has 1 rings (SSSR count). The standard InChI is InChI=1S/C11H18N4O/c1-5-15-7-9(12)10(13-15)11(16)14(4)6-8(2)3/h7H,2,5-6,12H2,1,3-4H3. The first-order valence-electron chi connectivity index (χ1n) is 5.18. The second-order valence-electron chi connectivity index (χ2n) is 3.91. The lowest BCUT2D eigenvalue weighted by Crippen LogP contribution is -2.29. The van der Waals surface area contributed by atoms with Crippen molar-refractivity contribution >= 4 is 11.6 Å². The van der Waals surface area contributed by atoms with Gasteiger partial charge < -0.3 is 10.6 Å². The minimum Gasteiger partial charge on any atom is -0.396 e. The summed E-state index contributed by atoms with van der Waals surface area (Å²) in [7, 11) is 1.71. The molecule has 0 atom stereocenters. The Kier molecular flexibility index (Phi) is 3.71. The van der Waals surface area contributed by atoms with E-state index in [2.05, 4.69) is 11.7 Å². The number of hydrogen-bond donors (Lipinski definition) is 1. The smallest absolute Gasteiger partial charge is 0.276 e. The Bertz CT molecular complexity index is 408. The van der Waals surface area contributed by atoms with Gasteiger partial charge in [0.1, 0.15) is 0 Å². The number of nitrogen functional groups attached to an aromatic ring is 1. The predicted octanol–water partition coefficient (Wildman–Crippen LogP) is 1.13. The second kappa shape index (κ2) is 4.83. The van der Waals surface area contributed by atoms with Crippen LogP contribution in [0, 0.1) is 0 Å². The van der Waals surface area contributed by atoms with Crippen LogP contribution in [0.4, 0.5) is 5.69 Å². The van der Waals surface area contributed by atoms with Crippen LogP contribution in [-0.4, -0.2) is 34.2 Å². The van der Waals surface area contributed by atoms with Crippen LogP contribution in [0.1, 0.15) is 24.3 Å². The first-order chi connectivity index (χ1) is 7.45. The fraction of sp³-hybridized carbons (Fsp3) is 0.455. The molecule has 0 fully saturated rings. The summed E-state index contributed by atoms with van der Waals surface area (Å²) in [6.07, 6.45) is 1.67. The Balaban J connectivity index is 2.87. The van der Waals surface area contributed by atoms with Gasteiger partial charge in [-0.1, -0.05) is 12.2 Å². The van der Waals surface area contributed by atoms with Crippen molar-refractivity contribution in [3.63, 3.8) is 0 Å². The zero-order valence-corrected chi connectivity index (χ0v) is 10.0. The molecule has 0 saturated carbocycles. The van der Waals surface area contributed by atoms with Crippen molar-refractivity contribution in [1.82, 2.24) is 14.7 Å². The van der Waals surface area contributed by atoms with Gasteiger partial charge in [0, 0.05) is 26.3 Å². The molecule has 0 unspecified atom stereocenters. The molecule has 1 heterocycles. The molecule has 0 aliphatic rings. The van der Waals surface area contributed by atoms with Gasteiger partial charge in [0.25, 0.3) is 5.91 Å². The number of anilines is 1. The van der Waals surface area contributed by atoms with E-state index in [1.54, 1.807) is 22.8 Å². The van der Waals surface area contributed by atoms with Crippen LogP contribution in [-0.2, 0) is 6.54 Å². The first kappa shape index (κ1) is 12.3. The van der Waals surface area contributed by atoms with E-state index in [0.717, 1.165) is 5.57 Å². The molecule has 0 aliphatic heterocycles. The van der Waals surface area contributed by atoms with Crippen molar-refractivity contribution in [3.05, 3.63) is 24.0 Å². The van der Waals surface area contributed by atoms with E-state index < -0.39 is 0 Å². The summed E-state index contributed by atoms with van der Waals surface area (Å²) in [6.45, 7) is 8.79. The first-order valence-corrected chi connectivity index (χ1v) is 5.18. The minimum absolute atomic E-state index is 0.173. The Labute approximate surface area is 95.5 Å². The summed E-state index contributed by atoms with van der Waals surface area (Å²) >= 11 is 0. The highest BCUT2D eigenvalue weighted by molar-refractivity contribution is 5.97. The average molecular weight is 222 g/mol. The molecule has 0 radical (unpaired) electrons. The van der Waals surface area contributed by atoms with Gasteiger partial charge in [0.05, 0.1) is 5.69 Å². The van der Waals surface area contributed by atoms with E-state index in [1.807, 2.05) is 13.8 Å². The van der Waals surface area contributed by atoms with Gasteiger partial charge in [-0.05, 0) is 13.8 Å². The Morgan fingerprint density at radius 1 is 1.69 bits per heavy atom. The number of hydrogen-bond acceptors (Lipinski definition) is 3. The van der Waals surface area contributed by atoms with Gasteiger partial charge in [-0.15, -0.1) is 0 Å². The molecule has 88 valence electrons. The summed E-state index contributed by atoms with van der Waals surface area (Å²) in [5.41, 5.74) is 7.38. The number of carbonyl (C=O) groups excluding carboxylic acids is 1. The van der Waals surface area contributed by atoms with E-state index in [0.29, 0.717) is 24.5 Å². The van der Waals surface area contributed by atoms with E-state index in [9.17, 15) is 4.79 Å². The lowest BCUT2D eigenvalue weighted by molar-refractivity contribution is 0.0801. The van der Waals surface area contributed by atoms with E-state index in [1.165, 1.54) is 0 Å². The Morgan fingerprint density at radius 3 is 2.75 bits per heavy atom. The average Bonchev–Trinajstić information content (AvgIpc) is 2.57. The largest absolute Gasteiger partial charge is 0.396 e. The van der Waals surface area contributed by atoms with Crippen molar-refractivity contribution in [1.29, 1.82) is 0 Å². The summed E-state index contributed by atoms with van der Waals surface area (Å²) in [5, 5.41) is 4.13. The number of amides is 1. The third-order valence-corrected chi connectivity index (χ3v) is 2.17. The summed E-state index contributed by atoms with van der Waals surface area (Å²) < 4.78 is 1.65. The lowest BCUT2D eigenvalue weighted by Gasteiger charge is -2.15. The predicted molar refractivity (Wildman–Crippen MR) is 64.1 cm³/mol. The Morgan fingerprint density at radius 2 is 2.31 bits per heavy atom. The van der Waals surface area contributed by atoms with Crippen molar-refractivity contribution in [2.45, 2.75) is 20.4 Å². The summed E-state index contributed by atoms with van der Waals surface area (Å²) in [6, 6.07) is 0. The van der Waals surface area contributed by atoms with Crippen LogP contribution in [0.5, 0.6) is 0 Å². The highest BCUT2D eigenvalue weighted by atomic mass is 16.2. The molecule has 16 heavy (non-hydrogen) atoms. The third kappa shape index (κ3) is 2.62. The molecule has 0 bridgehead atoms. The molecule has 0 saturated heterocycles. The Hall–Kier alpha value is -1.78. The van der Waals surface area contributed by atoms with E-state index >= 15 is 0 Å². The number of nitrogens with zero attached hydrogens (tertiary/aromatic N) is 3. The van der Waals surface area contributed by atoms with Gasteiger partial charge in [0.2, 0.25) is 0 Å². The minimum atomic E-state index is -0.173. The van der Waals surface area contributed by atoms with Gasteiger partial charge in [-0.25, -0.2) is 0 Å². The van der Waals surface area contributed by atoms with Crippen molar-refractivity contribution < 1.29 is 4.79 Å². The quantitative estimate of drug-likeness (QED) is 0.777. The summed E-state index contributed by atoms with van der Waals surface area (Å²) in [5.74, 6) is -0.173. The molecular formula is C11H18N4O. The fourth-order valence-electron chi connectivity index (χ4n) is 1.42. The maximum absolute atomic E-state index is 12.0. The number of rotatable bonds is 4. The van der Waals surface area contributed by atoms with Crippen LogP contribution < -0.4 is 5.73 Å². The maximum Gasteiger partial charge on any atom is 0.276 e. The molecular weight excluding hydrogens is 204 g/mol. The molecule has 5 heteroatoms. The van der Waals surface area contributed by atoms with Crippen molar-refractivity contribution in [2.24, 2.45) is 0 Å². The van der Waals surface area contributed by atoms with Gasteiger partial charge >= 0.3 is 0 Å². The SMILES string of the molecule is C=C(C)CN(C)C(=O)c1nn(CC)cc1N. The topological polar surface area (TPSA) is 64.2 Å². The van der Waals surface area contributed by atoms with Crippen LogP contribution >= 0.6 is 0 Å². The fourth-order valence-corrected chi connectivity index (χ4v) is 1.42. The molecule has 5 nitrogen and oxygen atoms in total. The van der Waals surface area contributed by atoms with Gasteiger partial charge in [-0.3, -0.25) is 9.48 Å². The van der Waals surface area contributed by atoms with Gasteiger partial charge in [0.15, 0.2) is 5.69 Å². The number of aryl methyl sites for hydroxylation is 1. The molecule has 0 aliphatic carbocycles. The molecule has 2 N–H and O–H groups in total. The van der Waals surface area contributed by atoms with Crippen LogP contribution in [0.25, 0.3) is 0 Å². The number of carbonyl (C=O) groups is 1. The van der Waals surface area contributed by atoms with E-state index in [-0.39, 0.29) is 5.91 Å². The van der Waals surface area contributed by atoms with Gasteiger partial charge in [-0.2, -0.15) is 5.10 Å². The normalized spacial score (nSPS) is 10.2. The van der Waals surface area contributed by atoms with E-state index in [4.69, 9.17) is 5.73 Å². The number of nitrogens with two attached hydrogens (primary N) is 1. The molecule has 0 aromatic carbocycles. The zero-order valence-electron chi connectivity index (χ0n) is 10.0. The highest BCUT2D eigenvalue weighted by Crippen LogP contribution is 2.11. The molecule has 1 aromatic heterocycles. The van der Waals surface area contributed by atoms with Crippen LogP contribution in [0.3, 0.4) is 0 Å². The molecule has 1 aromatic rings. The monoisotopic (exact) mass is 222 g/mol. The van der Waals surface area contributed by atoms with Crippen molar-refractivity contribution in [2.75, 3.05) is 19.3 Å². The maximum atomic E-state index is 12.0. The molecule has 1 amide bonds. The lowest BCUT2D eigenvalue weighted by atomic mass is 10.3. The van der Waals surface area contributed by atoms with Crippen LogP contribution in [0.15, 0.2) is 18.3 Å². The van der Waals surface area contributed by atoms with Crippen molar-refractivity contribution in [3.8, 4) is 0 Å². The number of aromatic nitrogens is 2. The molecule has 0 spiro atoms. The summed E-state index contributed by atoms with van der Waals surface area (Å²) in [4.78, 5) is 13.5. The second-order valence-corrected chi connectivity index (χ2v) is 3.91. The zero-order chi connectivity index (χ0) is 12.3. The highest BCUT2D eigenvalue weighted by Gasteiger charge is 2.18. The third-order valence-electron chi connectivity index (χ3n) is 2.17. The van der Waals surface area contributed by atoms with Crippen LogP contribution in [0.2, 0.25) is 0 Å². The number of likely N-dealkylation sites (N-methyl/N-ethyl adjacent to an activating group) is 1.